The summed E-state index contributed by atoms with van der Waals surface area (Å²) >= 11 is 0. The summed E-state index contributed by atoms with van der Waals surface area (Å²) in [6, 6.07) is 0. The molecule has 0 spiro atoms. The Morgan fingerprint density at radius 3 is 1.65 bits per heavy atom. The summed E-state index contributed by atoms with van der Waals surface area (Å²) in [7, 11) is -2.52. The van der Waals surface area contributed by atoms with Gasteiger partial charge >= 0.3 is 10.0 Å². The average Bonchev–Trinajstić information content (AvgIpc) is 2.36. The van der Waals surface area contributed by atoms with Crippen molar-refractivity contribution < 1.29 is 13.6 Å². The fourth-order valence-corrected chi connectivity index (χ4v) is 4.81. The van der Waals surface area contributed by atoms with Gasteiger partial charge in [-0.3, -0.25) is 9.15 Å². The smallest absolute Gasteiger partial charge is 0.343 e. The topological polar surface area (TPSA) is 27.7 Å². The first-order valence-electron chi connectivity index (χ1n) is 8.50. The zero-order valence-electron chi connectivity index (χ0n) is 13.8. The van der Waals surface area contributed by atoms with E-state index in [2.05, 4.69) is 19.6 Å². The molecule has 0 aromatic heterocycles. The SMILES string of the molecule is C[Si](C)(C)OO[SiH2]OC1CCCCCCCCCCC1. The van der Waals surface area contributed by atoms with Crippen molar-refractivity contribution in [1.82, 2.24) is 0 Å². The van der Waals surface area contributed by atoms with Crippen LogP contribution in [0.15, 0.2) is 0 Å². The van der Waals surface area contributed by atoms with Gasteiger partial charge in [0.1, 0.15) is 0 Å². The third-order valence-electron chi connectivity index (χ3n) is 3.71. The van der Waals surface area contributed by atoms with E-state index in [9.17, 15) is 0 Å². The van der Waals surface area contributed by atoms with Crippen LogP contribution in [0.5, 0.6) is 0 Å². The lowest BCUT2D eigenvalue weighted by Crippen LogP contribution is -2.28. The number of hydrogen-bond acceptors (Lipinski definition) is 3. The van der Waals surface area contributed by atoms with Gasteiger partial charge in [-0.05, 0) is 32.5 Å². The molecule has 1 aliphatic carbocycles. The summed E-state index contributed by atoms with van der Waals surface area (Å²) in [6.07, 6.45) is 15.3. The number of rotatable bonds is 5. The summed E-state index contributed by atoms with van der Waals surface area (Å²) in [5.74, 6) is 0. The molecule has 0 unspecified atom stereocenters. The van der Waals surface area contributed by atoms with Crippen LogP contribution in [0.2, 0.25) is 19.6 Å². The van der Waals surface area contributed by atoms with Crippen LogP contribution >= 0.6 is 0 Å². The molecule has 0 bridgehead atoms. The Labute approximate surface area is 128 Å². The van der Waals surface area contributed by atoms with Crippen LogP contribution in [-0.4, -0.2) is 24.4 Å². The molecule has 1 fully saturated rings. The van der Waals surface area contributed by atoms with Crippen molar-refractivity contribution >= 4 is 18.3 Å². The molecular formula is C15H34O3Si2. The molecule has 0 aromatic carbocycles. The first kappa shape index (κ1) is 18.4. The van der Waals surface area contributed by atoms with Crippen LogP contribution < -0.4 is 0 Å². The normalized spacial score (nSPS) is 21.8. The molecular weight excluding hydrogens is 284 g/mol. The van der Waals surface area contributed by atoms with E-state index in [4.69, 9.17) is 13.6 Å². The minimum Gasteiger partial charge on any atom is -0.394 e. The summed E-state index contributed by atoms with van der Waals surface area (Å²) in [6.45, 7) is 6.41. The van der Waals surface area contributed by atoms with Gasteiger partial charge in [-0.25, -0.2) is 0 Å². The van der Waals surface area contributed by atoms with Gasteiger partial charge in [0.25, 0.3) is 0 Å². The maximum absolute atomic E-state index is 6.00. The second-order valence-corrected chi connectivity index (χ2v) is 12.2. The molecule has 0 N–H and O–H groups in total. The van der Waals surface area contributed by atoms with Crippen molar-refractivity contribution in [1.29, 1.82) is 0 Å². The highest BCUT2D eigenvalue weighted by atomic mass is 28.4. The van der Waals surface area contributed by atoms with E-state index in [0.717, 1.165) is 0 Å². The van der Waals surface area contributed by atoms with Gasteiger partial charge in [0.15, 0.2) is 0 Å². The summed E-state index contributed by atoms with van der Waals surface area (Å²) in [4.78, 5) is 0. The van der Waals surface area contributed by atoms with Gasteiger partial charge in [0.05, 0.1) is 0 Å². The first-order chi connectivity index (χ1) is 9.58. The molecule has 0 amide bonds. The van der Waals surface area contributed by atoms with Crippen LogP contribution in [0, 0.1) is 0 Å². The predicted molar refractivity (Wildman–Crippen MR) is 89.7 cm³/mol. The van der Waals surface area contributed by atoms with E-state index in [0.29, 0.717) is 6.10 Å². The lowest BCUT2D eigenvalue weighted by Gasteiger charge is -2.20. The number of hydrogen-bond donors (Lipinski definition) is 0. The van der Waals surface area contributed by atoms with E-state index in [1.54, 1.807) is 0 Å². The second kappa shape index (κ2) is 11.0. The van der Waals surface area contributed by atoms with Crippen molar-refractivity contribution in [2.45, 2.75) is 96.4 Å². The lowest BCUT2D eigenvalue weighted by molar-refractivity contribution is -0.130. The van der Waals surface area contributed by atoms with Crippen LogP contribution in [0.1, 0.15) is 70.6 Å². The molecule has 1 saturated carbocycles. The van der Waals surface area contributed by atoms with Crippen molar-refractivity contribution in [3.05, 3.63) is 0 Å². The third-order valence-corrected chi connectivity index (χ3v) is 5.39. The molecule has 0 saturated heterocycles. The minimum atomic E-state index is -1.56. The molecule has 3 nitrogen and oxygen atoms in total. The molecule has 0 radical (unpaired) electrons. The van der Waals surface area contributed by atoms with Gasteiger partial charge in [0, 0.05) is 6.10 Å². The molecule has 0 heterocycles. The van der Waals surface area contributed by atoms with Crippen LogP contribution in [0.3, 0.4) is 0 Å². The Hall–Kier alpha value is 0.314. The highest BCUT2D eigenvalue weighted by molar-refractivity contribution is 6.69. The standard InChI is InChI=1S/C15H34O3Si2/c1-20(2,3)18-17-19-16-15-13-11-9-7-5-4-6-8-10-12-14-15/h15H,4-14,19H2,1-3H3. The van der Waals surface area contributed by atoms with E-state index in [1.807, 2.05) is 0 Å². The average molecular weight is 319 g/mol. The largest absolute Gasteiger partial charge is 0.394 e. The van der Waals surface area contributed by atoms with Gasteiger partial charge in [-0.1, -0.05) is 57.8 Å². The summed E-state index contributed by atoms with van der Waals surface area (Å²) in [5, 5.41) is 0. The predicted octanol–water partition coefficient (Wildman–Crippen LogP) is 4.46. The Morgan fingerprint density at radius 2 is 1.20 bits per heavy atom. The Kier molecular flexibility index (Phi) is 10.1. The third kappa shape index (κ3) is 11.0. The Bertz CT molecular complexity index is 220. The molecule has 20 heavy (non-hydrogen) atoms. The zero-order valence-corrected chi connectivity index (χ0v) is 16.2. The second-order valence-electron chi connectivity index (χ2n) is 6.98. The van der Waals surface area contributed by atoms with Gasteiger partial charge in [-0.2, -0.15) is 0 Å². The maximum atomic E-state index is 6.00. The molecule has 1 aliphatic rings. The van der Waals surface area contributed by atoms with Gasteiger partial charge in [-0.15, -0.1) is 0 Å². The molecule has 1 rings (SSSR count). The summed E-state index contributed by atoms with van der Waals surface area (Å²) < 4.78 is 16.8. The molecule has 5 heteroatoms. The van der Waals surface area contributed by atoms with Crippen molar-refractivity contribution in [2.24, 2.45) is 0 Å². The van der Waals surface area contributed by atoms with E-state index >= 15 is 0 Å². The first-order valence-corrected chi connectivity index (χ1v) is 13.1. The highest BCUT2D eigenvalue weighted by Gasteiger charge is 2.17. The van der Waals surface area contributed by atoms with Crippen LogP contribution in [0.25, 0.3) is 0 Å². The van der Waals surface area contributed by atoms with Crippen molar-refractivity contribution in [2.75, 3.05) is 0 Å². The quantitative estimate of drug-likeness (QED) is 0.324. The van der Waals surface area contributed by atoms with Crippen LogP contribution in [-0.2, 0) is 13.6 Å². The molecule has 0 aliphatic heterocycles. The zero-order chi connectivity index (χ0) is 14.7. The van der Waals surface area contributed by atoms with Crippen molar-refractivity contribution in [3.63, 3.8) is 0 Å². The van der Waals surface area contributed by atoms with Crippen molar-refractivity contribution in [3.8, 4) is 0 Å². The highest BCUT2D eigenvalue weighted by Crippen LogP contribution is 2.18. The fourth-order valence-electron chi connectivity index (χ4n) is 2.62. The van der Waals surface area contributed by atoms with Gasteiger partial charge in [0.2, 0.25) is 8.32 Å². The van der Waals surface area contributed by atoms with E-state index in [1.165, 1.54) is 70.6 Å². The Balaban J connectivity index is 2.17. The van der Waals surface area contributed by atoms with E-state index in [-0.39, 0.29) is 0 Å². The fraction of sp³-hybridized carbons (Fsp3) is 1.00. The van der Waals surface area contributed by atoms with E-state index < -0.39 is 18.3 Å². The van der Waals surface area contributed by atoms with Crippen LogP contribution in [0.4, 0.5) is 0 Å². The summed E-state index contributed by atoms with van der Waals surface area (Å²) in [5.41, 5.74) is 0. The molecule has 120 valence electrons. The lowest BCUT2D eigenvalue weighted by atomic mass is 10.00. The molecule has 0 atom stereocenters. The Morgan fingerprint density at radius 1 is 0.750 bits per heavy atom. The van der Waals surface area contributed by atoms with Gasteiger partial charge < -0.3 is 4.43 Å². The molecule has 0 aromatic rings. The maximum Gasteiger partial charge on any atom is 0.343 e. The monoisotopic (exact) mass is 318 g/mol. The minimum absolute atomic E-state index is 0.423.